The van der Waals surface area contributed by atoms with Crippen LogP contribution in [0.4, 0.5) is 0 Å². The van der Waals surface area contributed by atoms with E-state index >= 15 is 0 Å². The molecule has 234 valence electrons. The van der Waals surface area contributed by atoms with Crippen molar-refractivity contribution < 1.29 is 47.5 Å². The molecule has 3 rings (SSSR count). The molecule has 1 saturated heterocycles. The van der Waals surface area contributed by atoms with Crippen LogP contribution in [0.25, 0.3) is 0 Å². The van der Waals surface area contributed by atoms with Gasteiger partial charge in [-0.25, -0.2) is 4.79 Å². The SMILES string of the molecule is CCOC(=O)[C@@H](O[C@H]1[C@@H](OC(=N)C(Cl)(Cl)Cl)O[C@H](COC(C)=O)[C@@H](OCc2ccccc2)[C@@H]1OC(C)=O)c1ccccc1. The smallest absolute Gasteiger partial charge is 0.339 e. The first-order valence-electron chi connectivity index (χ1n) is 13.2. The van der Waals surface area contributed by atoms with E-state index < -0.39 is 64.4 Å². The minimum atomic E-state index is -2.31. The van der Waals surface area contributed by atoms with Crippen molar-refractivity contribution in [3.8, 4) is 0 Å². The quantitative estimate of drug-likeness (QED) is 0.111. The van der Waals surface area contributed by atoms with Crippen molar-refractivity contribution in [1.29, 1.82) is 5.41 Å². The zero-order valence-electron chi connectivity index (χ0n) is 23.6. The van der Waals surface area contributed by atoms with Crippen LogP contribution in [0.1, 0.15) is 38.0 Å². The Morgan fingerprint density at radius 3 is 2.07 bits per heavy atom. The van der Waals surface area contributed by atoms with E-state index in [-0.39, 0.29) is 19.8 Å². The molecule has 6 atom stereocenters. The predicted molar refractivity (Wildman–Crippen MR) is 156 cm³/mol. The fourth-order valence-electron chi connectivity index (χ4n) is 4.20. The number of rotatable bonds is 12. The van der Waals surface area contributed by atoms with Crippen LogP contribution >= 0.6 is 34.8 Å². The second-order valence-electron chi connectivity index (χ2n) is 9.27. The van der Waals surface area contributed by atoms with Gasteiger partial charge in [-0.15, -0.1) is 0 Å². The largest absolute Gasteiger partial charge is 0.464 e. The first kappa shape index (κ1) is 34.6. The van der Waals surface area contributed by atoms with E-state index in [1.807, 2.05) is 30.3 Å². The van der Waals surface area contributed by atoms with E-state index in [9.17, 15) is 14.4 Å². The highest BCUT2D eigenvalue weighted by molar-refractivity contribution is 6.76. The first-order chi connectivity index (χ1) is 20.4. The molecule has 11 nitrogen and oxygen atoms in total. The summed E-state index contributed by atoms with van der Waals surface area (Å²) in [6.45, 7) is 3.72. The highest BCUT2D eigenvalue weighted by Gasteiger charge is 2.53. The monoisotopic (exact) mass is 659 g/mol. The number of nitrogens with one attached hydrogen (secondary N) is 1. The van der Waals surface area contributed by atoms with Crippen LogP contribution in [0.2, 0.25) is 0 Å². The van der Waals surface area contributed by atoms with Gasteiger partial charge >= 0.3 is 17.9 Å². The summed E-state index contributed by atoms with van der Waals surface area (Å²) in [5.74, 6) is -2.96. The first-order valence-corrected chi connectivity index (χ1v) is 14.3. The lowest BCUT2D eigenvalue weighted by atomic mass is 9.97. The average Bonchev–Trinajstić information content (AvgIpc) is 2.95. The highest BCUT2D eigenvalue weighted by Crippen LogP contribution is 2.36. The third-order valence-corrected chi connectivity index (χ3v) is 6.53. The molecule has 43 heavy (non-hydrogen) atoms. The van der Waals surface area contributed by atoms with Crippen LogP contribution in [0.5, 0.6) is 0 Å². The molecule has 2 aromatic carbocycles. The van der Waals surface area contributed by atoms with Crippen molar-refractivity contribution in [2.45, 2.75) is 68.0 Å². The van der Waals surface area contributed by atoms with E-state index in [0.717, 1.165) is 5.56 Å². The van der Waals surface area contributed by atoms with Crippen LogP contribution in [-0.2, 0) is 54.1 Å². The van der Waals surface area contributed by atoms with Gasteiger partial charge in [0.1, 0.15) is 18.8 Å². The van der Waals surface area contributed by atoms with Gasteiger partial charge in [-0.2, -0.15) is 0 Å². The number of esters is 3. The Kier molecular flexibility index (Phi) is 13.0. The van der Waals surface area contributed by atoms with Crippen molar-refractivity contribution in [3.63, 3.8) is 0 Å². The van der Waals surface area contributed by atoms with E-state index in [1.54, 1.807) is 37.3 Å². The van der Waals surface area contributed by atoms with Gasteiger partial charge < -0.3 is 33.2 Å². The number of hydrogen-bond donors (Lipinski definition) is 1. The molecular weight excluding hydrogens is 629 g/mol. The Bertz CT molecular complexity index is 1230. The summed E-state index contributed by atoms with van der Waals surface area (Å²) in [4.78, 5) is 37.3. The summed E-state index contributed by atoms with van der Waals surface area (Å²) in [6.07, 6.45) is -8.03. The molecule has 0 amide bonds. The molecular formula is C29H32Cl3NO10. The van der Waals surface area contributed by atoms with Crippen molar-refractivity contribution in [3.05, 3.63) is 71.8 Å². The molecule has 1 aliphatic rings. The molecule has 1 N–H and O–H groups in total. The summed E-state index contributed by atoms with van der Waals surface area (Å²) < 4.78 is 38.0. The van der Waals surface area contributed by atoms with E-state index in [1.165, 1.54) is 13.8 Å². The standard InChI is InChI=1S/C29H32Cl3NO10/c1-4-37-26(36)22(20-13-9-6-10-14-20)42-25-24(40-18(3)35)23(39-15-19-11-7-5-8-12-19)21(16-38-17(2)34)41-27(25)43-28(33)29(30,31)32/h5-14,21-25,27,33H,4,15-16H2,1-3H3/t21-,22+,23-,24+,25-,27-/m1/s1. The molecule has 0 unspecified atom stereocenters. The Morgan fingerprint density at radius 1 is 0.884 bits per heavy atom. The van der Waals surface area contributed by atoms with Gasteiger partial charge in [-0.3, -0.25) is 15.0 Å². The fourth-order valence-corrected chi connectivity index (χ4v) is 4.33. The normalized spacial score (nSPS) is 22.6. The predicted octanol–water partition coefficient (Wildman–Crippen LogP) is 4.85. The van der Waals surface area contributed by atoms with Crippen LogP contribution in [0.15, 0.2) is 60.7 Å². The number of carbonyl (C=O) groups excluding carboxylic acids is 3. The van der Waals surface area contributed by atoms with Crippen molar-refractivity contribution in [2.24, 2.45) is 0 Å². The summed E-state index contributed by atoms with van der Waals surface area (Å²) in [7, 11) is 0. The Labute approximate surface area is 264 Å². The second-order valence-corrected chi connectivity index (χ2v) is 11.6. The molecule has 0 bridgehead atoms. The van der Waals surface area contributed by atoms with Crippen molar-refractivity contribution in [2.75, 3.05) is 13.2 Å². The van der Waals surface area contributed by atoms with Crippen LogP contribution in [-0.4, -0.2) is 71.5 Å². The number of benzene rings is 2. The van der Waals surface area contributed by atoms with Crippen molar-refractivity contribution >= 4 is 58.6 Å². The molecule has 2 aromatic rings. The molecule has 1 aliphatic heterocycles. The van der Waals surface area contributed by atoms with E-state index in [2.05, 4.69) is 0 Å². The third-order valence-electron chi connectivity index (χ3n) is 6.02. The number of ether oxygens (including phenoxy) is 7. The fraction of sp³-hybridized carbons (Fsp3) is 0.448. The maximum Gasteiger partial charge on any atom is 0.339 e. The summed E-state index contributed by atoms with van der Waals surface area (Å²) in [5.41, 5.74) is 1.18. The van der Waals surface area contributed by atoms with Gasteiger partial charge in [-0.1, -0.05) is 95.5 Å². The van der Waals surface area contributed by atoms with E-state index in [4.69, 9.17) is 73.4 Å². The number of alkyl halides is 3. The molecule has 0 aliphatic carbocycles. The highest BCUT2D eigenvalue weighted by atomic mass is 35.6. The molecule has 0 aromatic heterocycles. The van der Waals surface area contributed by atoms with Crippen LogP contribution in [0.3, 0.4) is 0 Å². The summed E-state index contributed by atoms with van der Waals surface area (Å²) in [6, 6.07) is 17.5. The number of carbonyl (C=O) groups is 3. The van der Waals surface area contributed by atoms with Gasteiger partial charge in [-0.05, 0) is 18.1 Å². The Hall–Kier alpha value is -2.93. The second kappa shape index (κ2) is 16.2. The van der Waals surface area contributed by atoms with Crippen LogP contribution < -0.4 is 0 Å². The lowest BCUT2D eigenvalue weighted by Crippen LogP contribution is -2.63. The summed E-state index contributed by atoms with van der Waals surface area (Å²) >= 11 is 17.6. The average molecular weight is 661 g/mol. The molecule has 0 saturated carbocycles. The minimum absolute atomic E-state index is 0.0331. The maximum absolute atomic E-state index is 13.1. The lowest BCUT2D eigenvalue weighted by Gasteiger charge is -2.45. The van der Waals surface area contributed by atoms with Gasteiger partial charge in [0.15, 0.2) is 18.3 Å². The number of halogens is 3. The molecule has 0 radical (unpaired) electrons. The summed E-state index contributed by atoms with van der Waals surface area (Å²) in [5, 5.41) is 8.18. The van der Waals surface area contributed by atoms with Crippen molar-refractivity contribution in [1.82, 2.24) is 0 Å². The van der Waals surface area contributed by atoms with Gasteiger partial charge in [0.25, 0.3) is 3.79 Å². The molecule has 1 heterocycles. The molecule has 1 fully saturated rings. The molecule has 14 heteroatoms. The Morgan fingerprint density at radius 2 is 1.51 bits per heavy atom. The Balaban J connectivity index is 2.09. The zero-order valence-corrected chi connectivity index (χ0v) is 25.8. The van der Waals surface area contributed by atoms with E-state index in [0.29, 0.717) is 5.56 Å². The van der Waals surface area contributed by atoms with Gasteiger partial charge in [0.05, 0.1) is 13.2 Å². The zero-order chi connectivity index (χ0) is 31.6. The van der Waals surface area contributed by atoms with Gasteiger partial charge in [0, 0.05) is 13.8 Å². The number of hydrogen-bond acceptors (Lipinski definition) is 11. The maximum atomic E-state index is 13.1. The minimum Gasteiger partial charge on any atom is -0.464 e. The third kappa shape index (κ3) is 10.3. The molecule has 0 spiro atoms. The topological polar surface area (TPSA) is 140 Å². The van der Waals surface area contributed by atoms with Gasteiger partial charge in [0.2, 0.25) is 12.2 Å². The lowest BCUT2D eigenvalue weighted by molar-refractivity contribution is -0.309. The van der Waals surface area contributed by atoms with Crippen LogP contribution in [0, 0.1) is 5.41 Å².